The molecule has 0 aromatic heterocycles. The van der Waals surface area contributed by atoms with Gasteiger partial charge in [-0.05, 0) is 12.1 Å². The summed E-state index contributed by atoms with van der Waals surface area (Å²) in [6.45, 7) is 0.422. The highest BCUT2D eigenvalue weighted by molar-refractivity contribution is 5.69. The van der Waals surface area contributed by atoms with Crippen LogP contribution in [0, 0.1) is 15.9 Å². The van der Waals surface area contributed by atoms with E-state index < -0.39 is 10.7 Å². The fraction of sp³-hybridized carbons (Fsp3) is 0.364. The van der Waals surface area contributed by atoms with Gasteiger partial charge in [0.05, 0.1) is 18.5 Å². The van der Waals surface area contributed by atoms with Crippen molar-refractivity contribution in [3.8, 4) is 0 Å². The van der Waals surface area contributed by atoms with E-state index in [0.717, 1.165) is 18.2 Å². The van der Waals surface area contributed by atoms with Crippen LogP contribution in [-0.4, -0.2) is 24.5 Å². The Morgan fingerprint density at radius 3 is 2.89 bits per heavy atom. The number of nitrogens with one attached hydrogen (secondary N) is 1. The molecule has 18 heavy (non-hydrogen) atoms. The van der Waals surface area contributed by atoms with Crippen molar-refractivity contribution in [1.29, 1.82) is 0 Å². The van der Waals surface area contributed by atoms with Crippen molar-refractivity contribution < 1.29 is 18.8 Å². The number of benzene rings is 1. The fourth-order valence-electron chi connectivity index (χ4n) is 1.39. The summed E-state index contributed by atoms with van der Waals surface area (Å²) < 4.78 is 17.4. The number of nitrogens with zero attached hydrogens (tertiary/aromatic N) is 1. The first-order valence-electron chi connectivity index (χ1n) is 5.25. The van der Waals surface area contributed by atoms with Crippen LogP contribution in [0.15, 0.2) is 18.2 Å². The number of methoxy groups -OCH3 is 1. The van der Waals surface area contributed by atoms with Crippen molar-refractivity contribution in [2.75, 3.05) is 13.7 Å². The Balaban J connectivity index is 2.58. The summed E-state index contributed by atoms with van der Waals surface area (Å²) in [4.78, 5) is 21.0. The standard InChI is InChI=1S/C11H13FN2O4/c1-18-11(15)4-5-13-7-8-6-9(12)2-3-10(8)14(16)17/h2-3,6,13H,4-5,7H2,1H3. The lowest BCUT2D eigenvalue weighted by Gasteiger charge is -2.05. The van der Waals surface area contributed by atoms with Crippen molar-refractivity contribution in [3.05, 3.63) is 39.7 Å². The van der Waals surface area contributed by atoms with Crippen LogP contribution in [0.1, 0.15) is 12.0 Å². The number of carbonyl (C=O) groups is 1. The maximum absolute atomic E-state index is 13.0. The molecule has 6 nitrogen and oxygen atoms in total. The third-order valence-corrected chi connectivity index (χ3v) is 2.29. The van der Waals surface area contributed by atoms with E-state index in [-0.39, 0.29) is 30.2 Å². The Morgan fingerprint density at radius 1 is 1.56 bits per heavy atom. The molecule has 0 spiro atoms. The van der Waals surface area contributed by atoms with E-state index in [1.165, 1.54) is 7.11 Å². The fourth-order valence-corrected chi connectivity index (χ4v) is 1.39. The van der Waals surface area contributed by atoms with Crippen LogP contribution in [-0.2, 0) is 16.1 Å². The van der Waals surface area contributed by atoms with Crippen LogP contribution in [0.25, 0.3) is 0 Å². The number of halogens is 1. The largest absolute Gasteiger partial charge is 0.469 e. The average Bonchev–Trinajstić information content (AvgIpc) is 2.34. The number of ether oxygens (including phenoxy) is 1. The van der Waals surface area contributed by atoms with Gasteiger partial charge >= 0.3 is 5.97 Å². The Hall–Kier alpha value is -2.02. The highest BCUT2D eigenvalue weighted by Gasteiger charge is 2.13. The smallest absolute Gasteiger partial charge is 0.306 e. The van der Waals surface area contributed by atoms with Gasteiger partial charge in [-0.25, -0.2) is 4.39 Å². The predicted octanol–water partition coefficient (Wildman–Crippen LogP) is 1.39. The van der Waals surface area contributed by atoms with E-state index in [0.29, 0.717) is 6.54 Å². The third kappa shape index (κ3) is 4.10. The summed E-state index contributed by atoms with van der Waals surface area (Å²) in [5, 5.41) is 13.5. The van der Waals surface area contributed by atoms with Gasteiger partial charge in [0.25, 0.3) is 5.69 Å². The molecule has 0 radical (unpaired) electrons. The molecule has 0 aliphatic carbocycles. The van der Waals surface area contributed by atoms with Crippen molar-refractivity contribution in [2.45, 2.75) is 13.0 Å². The van der Waals surface area contributed by atoms with E-state index in [9.17, 15) is 19.3 Å². The molecule has 7 heteroatoms. The molecule has 1 rings (SSSR count). The van der Waals surface area contributed by atoms with Crippen LogP contribution in [0.4, 0.5) is 10.1 Å². The van der Waals surface area contributed by atoms with Gasteiger partial charge < -0.3 is 10.1 Å². The van der Waals surface area contributed by atoms with Gasteiger partial charge in [-0.2, -0.15) is 0 Å². The van der Waals surface area contributed by atoms with Gasteiger partial charge in [0.15, 0.2) is 0 Å². The molecule has 0 heterocycles. The first-order valence-corrected chi connectivity index (χ1v) is 5.25. The maximum Gasteiger partial charge on any atom is 0.306 e. The van der Waals surface area contributed by atoms with Crippen LogP contribution in [0.2, 0.25) is 0 Å². The topological polar surface area (TPSA) is 81.5 Å². The van der Waals surface area contributed by atoms with Crippen molar-refractivity contribution >= 4 is 11.7 Å². The summed E-state index contributed by atoms with van der Waals surface area (Å²) in [5.41, 5.74) is 0.0897. The number of hydrogen-bond donors (Lipinski definition) is 1. The quantitative estimate of drug-likeness (QED) is 0.360. The van der Waals surface area contributed by atoms with Gasteiger partial charge in [-0.3, -0.25) is 14.9 Å². The Labute approximate surface area is 103 Å². The maximum atomic E-state index is 13.0. The molecule has 0 unspecified atom stereocenters. The monoisotopic (exact) mass is 256 g/mol. The summed E-state index contributed by atoms with van der Waals surface area (Å²) >= 11 is 0. The van der Waals surface area contributed by atoms with Gasteiger partial charge in [0, 0.05) is 24.7 Å². The Bertz CT molecular complexity index is 451. The molecular formula is C11H13FN2O4. The lowest BCUT2D eigenvalue weighted by atomic mass is 10.1. The molecule has 0 aliphatic rings. The second kappa shape index (κ2) is 6.65. The molecule has 0 atom stereocenters. The molecule has 1 N–H and O–H groups in total. The van der Waals surface area contributed by atoms with Gasteiger partial charge in [0.1, 0.15) is 5.82 Å². The van der Waals surface area contributed by atoms with Gasteiger partial charge in [-0.15, -0.1) is 0 Å². The third-order valence-electron chi connectivity index (χ3n) is 2.29. The first-order chi connectivity index (χ1) is 8.54. The SMILES string of the molecule is COC(=O)CCNCc1cc(F)ccc1[N+](=O)[O-]. The molecule has 0 aliphatic heterocycles. The van der Waals surface area contributed by atoms with Crippen molar-refractivity contribution in [1.82, 2.24) is 5.32 Å². The minimum Gasteiger partial charge on any atom is -0.469 e. The first kappa shape index (κ1) is 14.0. The van der Waals surface area contributed by atoms with E-state index in [1.54, 1.807) is 0 Å². The van der Waals surface area contributed by atoms with E-state index in [4.69, 9.17) is 0 Å². The number of hydrogen-bond acceptors (Lipinski definition) is 5. The van der Waals surface area contributed by atoms with E-state index >= 15 is 0 Å². The lowest BCUT2D eigenvalue weighted by Crippen LogP contribution is -2.19. The zero-order valence-corrected chi connectivity index (χ0v) is 9.81. The van der Waals surface area contributed by atoms with Gasteiger partial charge in [0.2, 0.25) is 0 Å². The van der Waals surface area contributed by atoms with Crippen LogP contribution < -0.4 is 5.32 Å². The highest BCUT2D eigenvalue weighted by atomic mass is 19.1. The van der Waals surface area contributed by atoms with Crippen LogP contribution in [0.3, 0.4) is 0 Å². The molecule has 1 aromatic carbocycles. The lowest BCUT2D eigenvalue weighted by molar-refractivity contribution is -0.385. The number of esters is 1. The molecule has 98 valence electrons. The second-order valence-electron chi connectivity index (χ2n) is 3.53. The van der Waals surface area contributed by atoms with E-state index in [1.807, 2.05) is 0 Å². The second-order valence-corrected chi connectivity index (χ2v) is 3.53. The number of nitro groups is 1. The molecule has 0 saturated heterocycles. The molecule has 0 fully saturated rings. The summed E-state index contributed by atoms with van der Waals surface area (Å²) in [5.74, 6) is -0.915. The van der Waals surface area contributed by atoms with Crippen molar-refractivity contribution in [3.63, 3.8) is 0 Å². The van der Waals surface area contributed by atoms with Gasteiger partial charge in [-0.1, -0.05) is 0 Å². The Morgan fingerprint density at radius 2 is 2.28 bits per heavy atom. The summed E-state index contributed by atoms with van der Waals surface area (Å²) in [7, 11) is 1.28. The van der Waals surface area contributed by atoms with Crippen LogP contribution in [0.5, 0.6) is 0 Å². The number of nitro benzene ring substituents is 1. The minimum atomic E-state index is -0.573. The predicted molar refractivity (Wildman–Crippen MR) is 61.4 cm³/mol. The average molecular weight is 256 g/mol. The van der Waals surface area contributed by atoms with E-state index in [2.05, 4.69) is 10.1 Å². The van der Waals surface area contributed by atoms with Crippen LogP contribution >= 0.6 is 0 Å². The normalized spacial score (nSPS) is 10.1. The molecule has 1 aromatic rings. The van der Waals surface area contributed by atoms with Crippen molar-refractivity contribution in [2.24, 2.45) is 0 Å². The molecular weight excluding hydrogens is 243 g/mol. The molecule has 0 amide bonds. The number of rotatable bonds is 6. The highest BCUT2D eigenvalue weighted by Crippen LogP contribution is 2.19. The zero-order chi connectivity index (χ0) is 13.5. The summed E-state index contributed by atoms with van der Waals surface area (Å²) in [6, 6.07) is 3.26. The molecule has 0 saturated carbocycles. The zero-order valence-electron chi connectivity index (χ0n) is 9.81. The number of carbonyl (C=O) groups excluding carboxylic acids is 1. The Kier molecular flexibility index (Phi) is 5.19. The molecule has 0 bridgehead atoms. The summed E-state index contributed by atoms with van der Waals surface area (Å²) in [6.07, 6.45) is 0.152. The minimum absolute atomic E-state index is 0.116.